The molecule has 1 aliphatic rings. The van der Waals surface area contributed by atoms with Crippen LogP contribution in [0.3, 0.4) is 0 Å². The van der Waals surface area contributed by atoms with Crippen LogP contribution in [-0.2, 0) is 17.6 Å². The fourth-order valence-corrected chi connectivity index (χ4v) is 3.41. The Morgan fingerprint density at radius 3 is 2.91 bits per heavy atom. The quantitative estimate of drug-likeness (QED) is 0.910. The van der Waals surface area contributed by atoms with Gasteiger partial charge < -0.3 is 5.32 Å². The highest BCUT2D eigenvalue weighted by Crippen LogP contribution is 2.31. The number of aromatic amines is 1. The van der Waals surface area contributed by atoms with Crippen molar-refractivity contribution in [3.63, 3.8) is 0 Å². The van der Waals surface area contributed by atoms with E-state index in [1.165, 1.54) is 11.3 Å². The minimum absolute atomic E-state index is 0.0481. The van der Waals surface area contributed by atoms with Gasteiger partial charge in [0.2, 0.25) is 5.91 Å². The summed E-state index contributed by atoms with van der Waals surface area (Å²) >= 11 is 0. The van der Waals surface area contributed by atoms with E-state index in [2.05, 4.69) is 34.5 Å². The molecule has 2 N–H and O–H groups in total. The summed E-state index contributed by atoms with van der Waals surface area (Å²) in [6.07, 6.45) is 5.44. The molecule has 2 aromatic heterocycles. The summed E-state index contributed by atoms with van der Waals surface area (Å²) in [5.41, 5.74) is 5.31. The predicted molar refractivity (Wildman–Crippen MR) is 88.2 cm³/mol. The maximum atomic E-state index is 12.5. The van der Waals surface area contributed by atoms with Crippen molar-refractivity contribution in [3.8, 4) is 0 Å². The summed E-state index contributed by atoms with van der Waals surface area (Å²) < 4.78 is 2.05. The third kappa shape index (κ3) is 3.02. The van der Waals surface area contributed by atoms with E-state index < -0.39 is 0 Å². The number of hydrogen-bond donors (Lipinski definition) is 2. The summed E-state index contributed by atoms with van der Waals surface area (Å²) in [4.78, 5) is 12.5. The highest BCUT2D eigenvalue weighted by molar-refractivity contribution is 5.79. The van der Waals surface area contributed by atoms with Gasteiger partial charge in [-0.1, -0.05) is 0 Å². The van der Waals surface area contributed by atoms with Gasteiger partial charge >= 0.3 is 0 Å². The second-order valence-electron chi connectivity index (χ2n) is 6.70. The number of rotatable bonds is 4. The van der Waals surface area contributed by atoms with Crippen molar-refractivity contribution in [1.82, 2.24) is 25.3 Å². The molecule has 23 heavy (non-hydrogen) atoms. The SMILES string of the molecule is Cc1n[nH]c(C)c1CC(=O)NC1CCCc2cnn(C(C)C)c21. The first kappa shape index (κ1) is 15.8. The van der Waals surface area contributed by atoms with E-state index in [0.29, 0.717) is 12.5 Å². The second kappa shape index (κ2) is 6.18. The molecular formula is C17H25N5O. The van der Waals surface area contributed by atoms with Gasteiger partial charge in [-0.15, -0.1) is 0 Å². The van der Waals surface area contributed by atoms with Crippen molar-refractivity contribution >= 4 is 5.91 Å². The highest BCUT2D eigenvalue weighted by atomic mass is 16.1. The minimum atomic E-state index is 0.0481. The Balaban J connectivity index is 1.77. The molecule has 0 fully saturated rings. The van der Waals surface area contributed by atoms with Crippen LogP contribution in [0.15, 0.2) is 6.20 Å². The van der Waals surface area contributed by atoms with Gasteiger partial charge in [0.15, 0.2) is 0 Å². The summed E-state index contributed by atoms with van der Waals surface area (Å²) in [6.45, 7) is 8.13. The molecule has 124 valence electrons. The molecule has 0 aromatic carbocycles. The average Bonchev–Trinajstić information content (AvgIpc) is 3.06. The number of H-pyrrole nitrogens is 1. The van der Waals surface area contributed by atoms with Crippen LogP contribution >= 0.6 is 0 Å². The van der Waals surface area contributed by atoms with Crippen molar-refractivity contribution in [1.29, 1.82) is 0 Å². The highest BCUT2D eigenvalue weighted by Gasteiger charge is 2.27. The molecule has 2 heterocycles. The summed E-state index contributed by atoms with van der Waals surface area (Å²) in [7, 11) is 0. The van der Waals surface area contributed by atoms with Crippen molar-refractivity contribution in [2.75, 3.05) is 0 Å². The number of nitrogens with zero attached hydrogens (tertiary/aromatic N) is 3. The Labute approximate surface area is 136 Å². The molecule has 0 saturated carbocycles. The Hall–Kier alpha value is -2.11. The van der Waals surface area contributed by atoms with Crippen LogP contribution in [0, 0.1) is 13.8 Å². The molecule has 2 aromatic rings. The summed E-state index contributed by atoms with van der Waals surface area (Å²) in [6, 6.07) is 0.360. The topological polar surface area (TPSA) is 75.6 Å². The predicted octanol–water partition coefficient (Wildman–Crippen LogP) is 2.54. The lowest BCUT2D eigenvalue weighted by Crippen LogP contribution is -2.34. The first-order chi connectivity index (χ1) is 11.0. The van der Waals surface area contributed by atoms with Crippen LogP contribution < -0.4 is 5.32 Å². The Morgan fingerprint density at radius 1 is 1.48 bits per heavy atom. The Morgan fingerprint density at radius 2 is 2.26 bits per heavy atom. The zero-order valence-corrected chi connectivity index (χ0v) is 14.3. The number of amides is 1. The Bertz CT molecular complexity index is 693. The molecule has 1 aliphatic carbocycles. The normalized spacial score (nSPS) is 17.3. The van der Waals surface area contributed by atoms with Crippen LogP contribution in [0.25, 0.3) is 0 Å². The number of fused-ring (bicyclic) bond motifs is 1. The van der Waals surface area contributed by atoms with Crippen molar-refractivity contribution < 1.29 is 4.79 Å². The zero-order valence-electron chi connectivity index (χ0n) is 14.3. The molecule has 6 heteroatoms. The van der Waals surface area contributed by atoms with Gasteiger partial charge in [-0.2, -0.15) is 10.2 Å². The lowest BCUT2D eigenvalue weighted by molar-refractivity contribution is -0.121. The van der Waals surface area contributed by atoms with Crippen LogP contribution in [0.4, 0.5) is 0 Å². The number of carbonyl (C=O) groups is 1. The van der Waals surface area contributed by atoms with E-state index in [-0.39, 0.29) is 11.9 Å². The Kier molecular flexibility index (Phi) is 4.24. The van der Waals surface area contributed by atoms with Crippen molar-refractivity contribution in [2.24, 2.45) is 0 Å². The largest absolute Gasteiger partial charge is 0.347 e. The standard InChI is InChI=1S/C17H25N5O/c1-10(2)22-17-13(9-18-22)6-5-7-15(17)19-16(23)8-14-11(3)20-21-12(14)4/h9-10,15H,5-8H2,1-4H3,(H,19,23)(H,20,21). The molecule has 3 rings (SSSR count). The van der Waals surface area contributed by atoms with Crippen molar-refractivity contribution in [3.05, 3.63) is 34.4 Å². The van der Waals surface area contributed by atoms with Crippen LogP contribution in [0.5, 0.6) is 0 Å². The molecule has 1 unspecified atom stereocenters. The molecular weight excluding hydrogens is 290 g/mol. The molecule has 0 radical (unpaired) electrons. The van der Waals surface area contributed by atoms with Gasteiger partial charge in [0.05, 0.1) is 30.0 Å². The van der Waals surface area contributed by atoms with Gasteiger partial charge in [-0.3, -0.25) is 14.6 Å². The first-order valence-corrected chi connectivity index (χ1v) is 8.33. The maximum Gasteiger partial charge on any atom is 0.225 e. The molecule has 0 saturated heterocycles. The van der Waals surface area contributed by atoms with Gasteiger partial charge in [0, 0.05) is 17.3 Å². The zero-order chi connectivity index (χ0) is 16.6. The fourth-order valence-electron chi connectivity index (χ4n) is 3.41. The van der Waals surface area contributed by atoms with Crippen molar-refractivity contribution in [2.45, 2.75) is 65.5 Å². The van der Waals surface area contributed by atoms with Gasteiger partial charge in [0.1, 0.15) is 0 Å². The number of hydrogen-bond acceptors (Lipinski definition) is 3. The monoisotopic (exact) mass is 315 g/mol. The number of aromatic nitrogens is 4. The molecule has 6 nitrogen and oxygen atoms in total. The van der Waals surface area contributed by atoms with Gasteiger partial charge in [-0.25, -0.2) is 0 Å². The van der Waals surface area contributed by atoms with E-state index in [1.807, 2.05) is 24.7 Å². The van der Waals surface area contributed by atoms with E-state index in [0.717, 1.165) is 36.2 Å². The van der Waals surface area contributed by atoms with Crippen LogP contribution in [0.1, 0.15) is 67.0 Å². The third-order valence-electron chi connectivity index (χ3n) is 4.63. The van der Waals surface area contributed by atoms with Crippen LogP contribution in [0.2, 0.25) is 0 Å². The second-order valence-corrected chi connectivity index (χ2v) is 6.70. The minimum Gasteiger partial charge on any atom is -0.347 e. The third-order valence-corrected chi connectivity index (χ3v) is 4.63. The van der Waals surface area contributed by atoms with E-state index in [1.54, 1.807) is 0 Å². The molecule has 1 amide bonds. The summed E-state index contributed by atoms with van der Waals surface area (Å²) in [5, 5.41) is 14.8. The van der Waals surface area contributed by atoms with Gasteiger partial charge in [0.25, 0.3) is 0 Å². The lowest BCUT2D eigenvalue weighted by Gasteiger charge is -2.26. The summed E-state index contributed by atoms with van der Waals surface area (Å²) in [5.74, 6) is 0.0481. The van der Waals surface area contributed by atoms with Gasteiger partial charge in [-0.05, 0) is 52.5 Å². The molecule has 0 spiro atoms. The lowest BCUT2D eigenvalue weighted by atomic mass is 9.93. The smallest absolute Gasteiger partial charge is 0.225 e. The first-order valence-electron chi connectivity index (χ1n) is 8.33. The van der Waals surface area contributed by atoms with Crippen LogP contribution in [-0.4, -0.2) is 25.9 Å². The van der Waals surface area contributed by atoms with E-state index >= 15 is 0 Å². The molecule has 0 aliphatic heterocycles. The number of nitrogens with one attached hydrogen (secondary N) is 2. The fraction of sp³-hybridized carbons (Fsp3) is 0.588. The molecule has 1 atom stereocenters. The van der Waals surface area contributed by atoms with E-state index in [9.17, 15) is 4.79 Å². The number of carbonyl (C=O) groups excluding carboxylic acids is 1. The average molecular weight is 315 g/mol. The molecule has 0 bridgehead atoms. The van der Waals surface area contributed by atoms with E-state index in [4.69, 9.17) is 0 Å². The number of aryl methyl sites for hydroxylation is 3. The maximum absolute atomic E-state index is 12.5.